The summed E-state index contributed by atoms with van der Waals surface area (Å²) >= 11 is 9.78. The summed E-state index contributed by atoms with van der Waals surface area (Å²) in [6.07, 6.45) is 2.51. The molecule has 0 unspecified atom stereocenters. The topological polar surface area (TPSA) is 60.4 Å². The van der Waals surface area contributed by atoms with Crippen molar-refractivity contribution in [1.82, 2.24) is 15.0 Å². The second kappa shape index (κ2) is 8.91. The summed E-state index contributed by atoms with van der Waals surface area (Å²) in [5.41, 5.74) is 4.37. The lowest BCUT2D eigenvalue weighted by Gasteiger charge is -2.36. The van der Waals surface area contributed by atoms with Crippen LogP contribution in [0.2, 0.25) is 5.02 Å². The Morgan fingerprint density at radius 2 is 1.97 bits per heavy atom. The van der Waals surface area contributed by atoms with Gasteiger partial charge in [-0.25, -0.2) is 15.0 Å². The molecule has 9 heteroatoms. The summed E-state index contributed by atoms with van der Waals surface area (Å²) in [6, 6.07) is 7.97. The van der Waals surface area contributed by atoms with Gasteiger partial charge in [-0.3, -0.25) is 0 Å². The van der Waals surface area contributed by atoms with Crippen molar-refractivity contribution < 1.29 is 9.47 Å². The number of benzene rings is 1. The van der Waals surface area contributed by atoms with Crippen LogP contribution in [-0.4, -0.2) is 46.9 Å². The van der Waals surface area contributed by atoms with E-state index in [1.54, 1.807) is 29.4 Å². The average molecular weight is 513 g/mol. The zero-order chi connectivity index (χ0) is 23.3. The van der Waals surface area contributed by atoms with Crippen molar-refractivity contribution in [3.8, 4) is 0 Å². The normalized spacial score (nSPS) is 17.9. The Kier molecular flexibility index (Phi) is 5.90. The molecule has 0 radical (unpaired) electrons. The maximum Gasteiger partial charge on any atom is 0.136 e. The van der Waals surface area contributed by atoms with Crippen LogP contribution in [0.3, 0.4) is 0 Å². The van der Waals surface area contributed by atoms with Gasteiger partial charge in [0.25, 0.3) is 0 Å². The first kappa shape index (κ1) is 22.5. The van der Waals surface area contributed by atoms with Gasteiger partial charge in [-0.05, 0) is 31.0 Å². The predicted octanol–water partition coefficient (Wildman–Crippen LogP) is 5.87. The summed E-state index contributed by atoms with van der Waals surface area (Å²) in [5, 5.41) is 2.91. The molecule has 176 valence electrons. The second-order valence-electron chi connectivity index (χ2n) is 9.24. The first-order valence-corrected chi connectivity index (χ1v) is 13.6. The third kappa shape index (κ3) is 4.05. The van der Waals surface area contributed by atoms with Crippen LogP contribution in [0.25, 0.3) is 20.4 Å². The van der Waals surface area contributed by atoms with Gasteiger partial charge >= 0.3 is 0 Å². The molecule has 6 rings (SSSR count). The van der Waals surface area contributed by atoms with Crippen LogP contribution in [0.4, 0.5) is 5.82 Å². The number of fused-ring (bicyclic) bond motifs is 5. The van der Waals surface area contributed by atoms with Gasteiger partial charge in [-0.15, -0.1) is 23.1 Å². The first-order chi connectivity index (χ1) is 16.5. The number of halogens is 1. The zero-order valence-electron chi connectivity index (χ0n) is 19.1. The fraction of sp³-hybridized carbons (Fsp3) is 0.400. The van der Waals surface area contributed by atoms with Crippen molar-refractivity contribution in [2.24, 2.45) is 0 Å². The Bertz CT molecular complexity index is 1380. The van der Waals surface area contributed by atoms with Crippen LogP contribution >= 0.6 is 34.7 Å². The van der Waals surface area contributed by atoms with Gasteiger partial charge in [0.1, 0.15) is 22.0 Å². The number of thioether (sulfide) groups is 1. The van der Waals surface area contributed by atoms with E-state index in [-0.39, 0.29) is 5.60 Å². The SMILES string of the molecule is CC1(C)Cc2c(c(N3CCOCC3)nc3sc4c(SCc5ccccc5Cl)ncnc4c23)CO1. The van der Waals surface area contributed by atoms with Crippen molar-refractivity contribution in [2.45, 2.75) is 43.3 Å². The van der Waals surface area contributed by atoms with Gasteiger partial charge in [-0.2, -0.15) is 0 Å². The maximum absolute atomic E-state index is 6.39. The Morgan fingerprint density at radius 3 is 2.79 bits per heavy atom. The molecule has 1 saturated heterocycles. The number of pyridine rings is 1. The molecule has 0 spiro atoms. The third-order valence-electron chi connectivity index (χ3n) is 6.41. The molecule has 0 N–H and O–H groups in total. The molecule has 5 heterocycles. The van der Waals surface area contributed by atoms with Crippen LogP contribution in [0.15, 0.2) is 35.6 Å². The van der Waals surface area contributed by atoms with E-state index in [0.29, 0.717) is 6.61 Å². The molecule has 0 bridgehead atoms. The average Bonchev–Trinajstić information content (AvgIpc) is 3.22. The number of rotatable bonds is 4. The summed E-state index contributed by atoms with van der Waals surface area (Å²) in [4.78, 5) is 17.9. The lowest BCUT2D eigenvalue weighted by molar-refractivity contribution is -0.0396. The molecule has 0 amide bonds. The number of ether oxygens (including phenoxy) is 2. The molecule has 0 aliphatic carbocycles. The fourth-order valence-electron chi connectivity index (χ4n) is 4.67. The molecule has 1 aromatic carbocycles. The van der Waals surface area contributed by atoms with Crippen molar-refractivity contribution in [3.05, 3.63) is 52.3 Å². The van der Waals surface area contributed by atoms with Crippen LogP contribution in [0.1, 0.15) is 30.5 Å². The molecule has 1 fully saturated rings. The van der Waals surface area contributed by atoms with Gasteiger partial charge < -0.3 is 14.4 Å². The van der Waals surface area contributed by atoms with Crippen LogP contribution in [-0.2, 0) is 28.3 Å². The molecular weight excluding hydrogens is 488 g/mol. The van der Waals surface area contributed by atoms with E-state index in [4.69, 9.17) is 31.0 Å². The van der Waals surface area contributed by atoms with Gasteiger partial charge in [0, 0.05) is 41.2 Å². The Hall–Kier alpha value is -1.97. The lowest BCUT2D eigenvalue weighted by Crippen LogP contribution is -2.39. The Morgan fingerprint density at radius 1 is 1.15 bits per heavy atom. The van der Waals surface area contributed by atoms with Gasteiger partial charge in [0.05, 0.1) is 35.6 Å². The Balaban J connectivity index is 1.49. The van der Waals surface area contributed by atoms with Crippen LogP contribution in [0, 0.1) is 0 Å². The molecule has 0 saturated carbocycles. The number of anilines is 1. The monoisotopic (exact) mass is 512 g/mol. The second-order valence-corrected chi connectivity index (χ2v) is 11.6. The number of nitrogens with zero attached hydrogens (tertiary/aromatic N) is 4. The number of thiophene rings is 1. The highest BCUT2D eigenvalue weighted by Gasteiger charge is 2.33. The molecular formula is C25H25ClN4O2S2. The van der Waals surface area contributed by atoms with Crippen molar-refractivity contribution in [2.75, 3.05) is 31.2 Å². The minimum absolute atomic E-state index is 0.230. The summed E-state index contributed by atoms with van der Waals surface area (Å²) in [6.45, 7) is 8.02. The van der Waals surface area contributed by atoms with E-state index >= 15 is 0 Å². The highest BCUT2D eigenvalue weighted by atomic mass is 35.5. The summed E-state index contributed by atoms with van der Waals surface area (Å²) in [5.74, 6) is 1.79. The highest BCUT2D eigenvalue weighted by molar-refractivity contribution is 7.98. The molecule has 34 heavy (non-hydrogen) atoms. The minimum Gasteiger partial charge on any atom is -0.378 e. The lowest BCUT2D eigenvalue weighted by atomic mass is 9.90. The predicted molar refractivity (Wildman–Crippen MR) is 139 cm³/mol. The maximum atomic E-state index is 6.39. The summed E-state index contributed by atoms with van der Waals surface area (Å²) in [7, 11) is 0. The zero-order valence-corrected chi connectivity index (χ0v) is 21.5. The molecule has 3 aromatic heterocycles. The summed E-state index contributed by atoms with van der Waals surface area (Å²) < 4.78 is 12.9. The smallest absolute Gasteiger partial charge is 0.136 e. The van der Waals surface area contributed by atoms with Crippen LogP contribution in [0.5, 0.6) is 0 Å². The van der Waals surface area contributed by atoms with E-state index in [0.717, 1.165) is 80.3 Å². The van der Waals surface area contributed by atoms with Gasteiger partial charge in [0.15, 0.2) is 0 Å². The third-order valence-corrected chi connectivity index (χ3v) is 9.02. The standard InChI is InChI=1S/C25H25ClN4O2S2/c1-25(2)11-16-17(12-32-25)22(30-7-9-31-10-8-30)29-23-19(16)20-21(34-23)24(28-14-27-20)33-13-15-5-3-4-6-18(15)26/h3-6,14H,7-13H2,1-2H3. The Labute approximate surface area is 211 Å². The van der Waals surface area contributed by atoms with Crippen molar-refractivity contribution in [1.29, 1.82) is 0 Å². The highest BCUT2D eigenvalue weighted by Crippen LogP contribution is 2.44. The number of hydrogen-bond acceptors (Lipinski definition) is 8. The van der Waals surface area contributed by atoms with Crippen molar-refractivity contribution >= 4 is 61.0 Å². The van der Waals surface area contributed by atoms with E-state index in [2.05, 4.69) is 29.8 Å². The molecule has 2 aliphatic rings. The quantitative estimate of drug-likeness (QED) is 0.250. The van der Waals surface area contributed by atoms with E-state index in [1.807, 2.05) is 18.2 Å². The number of morpholine rings is 1. The molecule has 0 atom stereocenters. The molecule has 2 aliphatic heterocycles. The largest absolute Gasteiger partial charge is 0.378 e. The number of hydrogen-bond donors (Lipinski definition) is 0. The van der Waals surface area contributed by atoms with Gasteiger partial charge in [-0.1, -0.05) is 29.8 Å². The molecule has 6 nitrogen and oxygen atoms in total. The van der Waals surface area contributed by atoms with E-state index in [9.17, 15) is 0 Å². The minimum atomic E-state index is -0.230. The number of aromatic nitrogens is 3. The molecule has 4 aromatic rings. The van der Waals surface area contributed by atoms with Crippen molar-refractivity contribution in [3.63, 3.8) is 0 Å². The van der Waals surface area contributed by atoms with Gasteiger partial charge in [0.2, 0.25) is 0 Å². The van der Waals surface area contributed by atoms with E-state index in [1.165, 1.54) is 11.1 Å². The van der Waals surface area contributed by atoms with E-state index < -0.39 is 0 Å². The fourth-order valence-corrected chi connectivity index (χ4v) is 7.18. The van der Waals surface area contributed by atoms with Crippen LogP contribution < -0.4 is 4.90 Å². The first-order valence-electron chi connectivity index (χ1n) is 11.4.